The molecule has 0 bridgehead atoms. The Balaban J connectivity index is 1.93. The lowest BCUT2D eigenvalue weighted by Crippen LogP contribution is -2.26. The smallest absolute Gasteiger partial charge is 0.311 e. The van der Waals surface area contributed by atoms with Gasteiger partial charge in [-0.25, -0.2) is 4.98 Å². The minimum Gasteiger partial charge on any atom is -0.466 e. The highest BCUT2D eigenvalue weighted by molar-refractivity contribution is 7.13. The van der Waals surface area contributed by atoms with E-state index in [4.69, 9.17) is 4.74 Å². The maximum atomic E-state index is 11.4. The molecule has 1 aromatic rings. The topological polar surface area (TPSA) is 42.4 Å². The van der Waals surface area contributed by atoms with Crippen LogP contribution in [0.4, 0.5) is 5.13 Å². The van der Waals surface area contributed by atoms with Gasteiger partial charge in [0.05, 0.1) is 18.7 Å². The molecule has 5 heteroatoms. The second-order valence-electron chi connectivity index (χ2n) is 4.86. The average Bonchev–Trinajstić information content (AvgIpc) is 2.77. The fraction of sp³-hybridized carbons (Fsp3) is 0.714. The molecule has 106 valence electrons. The highest BCUT2D eigenvalue weighted by Crippen LogP contribution is 2.23. The van der Waals surface area contributed by atoms with Crippen LogP contribution in [0.3, 0.4) is 0 Å². The summed E-state index contributed by atoms with van der Waals surface area (Å²) in [6.07, 6.45) is 6.77. The molecule has 0 amide bonds. The Bertz CT molecular complexity index is 398. The van der Waals surface area contributed by atoms with E-state index in [1.165, 1.54) is 32.1 Å². The summed E-state index contributed by atoms with van der Waals surface area (Å²) in [5.74, 6) is -0.188. The van der Waals surface area contributed by atoms with E-state index in [9.17, 15) is 4.79 Å². The van der Waals surface area contributed by atoms with Gasteiger partial charge in [-0.15, -0.1) is 11.3 Å². The van der Waals surface area contributed by atoms with Gasteiger partial charge in [0.2, 0.25) is 0 Å². The summed E-state index contributed by atoms with van der Waals surface area (Å²) in [5, 5.41) is 3.03. The molecule has 0 aromatic carbocycles. The fourth-order valence-electron chi connectivity index (χ4n) is 2.32. The van der Waals surface area contributed by atoms with Crippen molar-refractivity contribution < 1.29 is 9.53 Å². The van der Waals surface area contributed by atoms with E-state index >= 15 is 0 Å². The van der Waals surface area contributed by atoms with Crippen LogP contribution in [-0.4, -0.2) is 30.6 Å². The Morgan fingerprint density at radius 2 is 2.00 bits per heavy atom. The van der Waals surface area contributed by atoms with E-state index < -0.39 is 0 Å². The molecule has 0 unspecified atom stereocenters. The van der Waals surface area contributed by atoms with Crippen molar-refractivity contribution in [2.24, 2.45) is 0 Å². The molecular weight excluding hydrogens is 260 g/mol. The molecule has 4 nitrogen and oxygen atoms in total. The third-order valence-electron chi connectivity index (χ3n) is 3.30. The van der Waals surface area contributed by atoms with Crippen molar-refractivity contribution in [1.29, 1.82) is 0 Å². The molecule has 0 spiro atoms. The summed E-state index contributed by atoms with van der Waals surface area (Å²) in [7, 11) is 0. The number of carbonyl (C=O) groups is 1. The van der Waals surface area contributed by atoms with Gasteiger partial charge in [-0.3, -0.25) is 4.79 Å². The van der Waals surface area contributed by atoms with Crippen molar-refractivity contribution in [3.63, 3.8) is 0 Å². The Morgan fingerprint density at radius 3 is 2.68 bits per heavy atom. The third-order valence-corrected chi connectivity index (χ3v) is 4.25. The second-order valence-corrected chi connectivity index (χ2v) is 5.69. The first-order valence-corrected chi connectivity index (χ1v) is 8.02. The van der Waals surface area contributed by atoms with Crippen LogP contribution in [0.1, 0.15) is 44.7 Å². The first-order valence-electron chi connectivity index (χ1n) is 7.14. The molecule has 1 aromatic heterocycles. The Labute approximate surface area is 118 Å². The Kier molecular flexibility index (Phi) is 5.63. The Morgan fingerprint density at radius 1 is 1.32 bits per heavy atom. The second kappa shape index (κ2) is 7.48. The zero-order chi connectivity index (χ0) is 13.5. The molecule has 0 saturated carbocycles. The first-order chi connectivity index (χ1) is 9.29. The normalized spacial score (nSPS) is 16.8. The van der Waals surface area contributed by atoms with Crippen molar-refractivity contribution in [2.45, 2.75) is 45.4 Å². The van der Waals surface area contributed by atoms with Gasteiger partial charge in [0.25, 0.3) is 0 Å². The van der Waals surface area contributed by atoms with Crippen LogP contribution in [0.5, 0.6) is 0 Å². The summed E-state index contributed by atoms with van der Waals surface area (Å²) in [6, 6.07) is 0. The highest BCUT2D eigenvalue weighted by Gasteiger charge is 2.14. The number of hydrogen-bond donors (Lipinski definition) is 0. The number of aromatic nitrogens is 1. The number of thiazole rings is 1. The molecule has 2 rings (SSSR count). The van der Waals surface area contributed by atoms with Crippen LogP contribution in [0, 0.1) is 0 Å². The van der Waals surface area contributed by atoms with Crippen LogP contribution < -0.4 is 4.90 Å². The van der Waals surface area contributed by atoms with Gasteiger partial charge in [0.15, 0.2) is 5.13 Å². The van der Waals surface area contributed by atoms with Gasteiger partial charge in [0.1, 0.15) is 0 Å². The predicted octanol–water partition coefficient (Wildman–Crippen LogP) is 3.02. The molecule has 19 heavy (non-hydrogen) atoms. The molecule has 2 heterocycles. The lowest BCUT2D eigenvalue weighted by Gasteiger charge is -2.23. The number of hydrogen-bond acceptors (Lipinski definition) is 5. The van der Waals surface area contributed by atoms with Crippen molar-refractivity contribution >= 4 is 22.4 Å². The number of rotatable bonds is 4. The van der Waals surface area contributed by atoms with E-state index in [1.807, 2.05) is 12.3 Å². The average molecular weight is 282 g/mol. The summed E-state index contributed by atoms with van der Waals surface area (Å²) in [6.45, 7) is 4.44. The third kappa shape index (κ3) is 4.49. The predicted molar refractivity (Wildman–Crippen MR) is 77.7 cm³/mol. The van der Waals surface area contributed by atoms with E-state index in [0.717, 1.165) is 23.9 Å². The number of nitrogens with zero attached hydrogens (tertiary/aromatic N) is 2. The molecule has 1 fully saturated rings. The minimum absolute atomic E-state index is 0.188. The summed E-state index contributed by atoms with van der Waals surface area (Å²) in [5.41, 5.74) is 0.834. The largest absolute Gasteiger partial charge is 0.466 e. The lowest BCUT2D eigenvalue weighted by atomic mass is 10.1. The SMILES string of the molecule is CCOC(=O)Cc1csc(N2CCCCCCC2)n1. The van der Waals surface area contributed by atoms with Crippen molar-refractivity contribution in [3.05, 3.63) is 11.1 Å². The number of ether oxygens (including phenoxy) is 1. The monoisotopic (exact) mass is 282 g/mol. The van der Waals surface area contributed by atoms with Crippen molar-refractivity contribution in [3.8, 4) is 0 Å². The molecule has 1 aliphatic heterocycles. The van der Waals surface area contributed by atoms with Crippen molar-refractivity contribution in [1.82, 2.24) is 4.98 Å². The van der Waals surface area contributed by atoms with Gasteiger partial charge in [-0.2, -0.15) is 0 Å². The molecule has 1 aliphatic rings. The van der Waals surface area contributed by atoms with Gasteiger partial charge in [-0.05, 0) is 19.8 Å². The molecule has 0 aliphatic carbocycles. The maximum absolute atomic E-state index is 11.4. The standard InChI is InChI=1S/C14H22N2O2S/c1-2-18-13(17)10-12-11-19-14(15-12)16-8-6-4-3-5-7-9-16/h11H,2-10H2,1H3. The molecule has 1 saturated heterocycles. The quantitative estimate of drug-likeness (QED) is 0.796. The minimum atomic E-state index is -0.188. The highest BCUT2D eigenvalue weighted by atomic mass is 32.1. The zero-order valence-corrected chi connectivity index (χ0v) is 12.4. The van der Waals surface area contributed by atoms with Crippen LogP contribution in [0.15, 0.2) is 5.38 Å². The van der Waals surface area contributed by atoms with Gasteiger partial charge in [0, 0.05) is 18.5 Å². The summed E-state index contributed by atoms with van der Waals surface area (Å²) < 4.78 is 4.95. The van der Waals surface area contributed by atoms with Crippen LogP contribution in [0.25, 0.3) is 0 Å². The number of anilines is 1. The van der Waals surface area contributed by atoms with Gasteiger partial charge in [-0.1, -0.05) is 19.3 Å². The first kappa shape index (κ1) is 14.3. The van der Waals surface area contributed by atoms with Crippen LogP contribution >= 0.6 is 11.3 Å². The van der Waals surface area contributed by atoms with Crippen LogP contribution in [-0.2, 0) is 16.0 Å². The van der Waals surface area contributed by atoms with E-state index in [2.05, 4.69) is 9.88 Å². The van der Waals surface area contributed by atoms with Gasteiger partial charge >= 0.3 is 5.97 Å². The van der Waals surface area contributed by atoms with Crippen LogP contribution in [0.2, 0.25) is 0 Å². The zero-order valence-electron chi connectivity index (χ0n) is 11.6. The van der Waals surface area contributed by atoms with E-state index in [1.54, 1.807) is 11.3 Å². The number of esters is 1. The maximum Gasteiger partial charge on any atom is 0.311 e. The summed E-state index contributed by atoms with van der Waals surface area (Å²) in [4.78, 5) is 18.4. The Hall–Kier alpha value is -1.10. The summed E-state index contributed by atoms with van der Waals surface area (Å²) >= 11 is 1.64. The fourth-order valence-corrected chi connectivity index (χ4v) is 3.20. The lowest BCUT2D eigenvalue weighted by molar-refractivity contribution is -0.142. The molecule has 0 N–H and O–H groups in total. The molecular formula is C14H22N2O2S. The van der Waals surface area contributed by atoms with Gasteiger partial charge < -0.3 is 9.64 Å². The molecule has 0 atom stereocenters. The van der Waals surface area contributed by atoms with Crippen molar-refractivity contribution in [2.75, 3.05) is 24.6 Å². The molecule has 0 radical (unpaired) electrons. The van der Waals surface area contributed by atoms with E-state index in [0.29, 0.717) is 6.61 Å². The number of carbonyl (C=O) groups excluding carboxylic acids is 1. The van der Waals surface area contributed by atoms with E-state index in [-0.39, 0.29) is 12.4 Å².